The summed E-state index contributed by atoms with van der Waals surface area (Å²) >= 11 is 0. The Morgan fingerprint density at radius 2 is 1.76 bits per heavy atom. The molecule has 1 aliphatic carbocycles. The van der Waals surface area contributed by atoms with E-state index in [4.69, 9.17) is 15.2 Å². The average molecular weight is 235 g/mol. The summed E-state index contributed by atoms with van der Waals surface area (Å²) in [5, 5.41) is 0. The maximum atomic E-state index is 6.21. The Balaban J connectivity index is 2.01. The Morgan fingerprint density at radius 1 is 1.18 bits per heavy atom. The van der Waals surface area contributed by atoms with Crippen LogP contribution in [-0.2, 0) is 0 Å². The molecule has 1 aromatic carbocycles. The number of hydrogen-bond acceptors (Lipinski definition) is 3. The molecule has 0 aliphatic heterocycles. The van der Waals surface area contributed by atoms with Gasteiger partial charge in [0.1, 0.15) is 17.6 Å². The minimum atomic E-state index is 0.101. The first kappa shape index (κ1) is 12.2. The summed E-state index contributed by atoms with van der Waals surface area (Å²) in [5.74, 6) is 1.71. The number of methoxy groups -OCH3 is 1. The van der Waals surface area contributed by atoms with Gasteiger partial charge in [-0.3, -0.25) is 0 Å². The van der Waals surface area contributed by atoms with Crippen molar-refractivity contribution in [2.45, 2.75) is 38.8 Å². The number of hydrogen-bond donors (Lipinski definition) is 1. The van der Waals surface area contributed by atoms with Crippen LogP contribution in [0.4, 0.5) is 0 Å². The van der Waals surface area contributed by atoms with Crippen molar-refractivity contribution in [2.75, 3.05) is 7.11 Å². The highest BCUT2D eigenvalue weighted by Gasteiger charge is 2.40. The lowest BCUT2D eigenvalue weighted by atomic mass is 9.88. The lowest BCUT2D eigenvalue weighted by molar-refractivity contribution is 0.164. The van der Waals surface area contributed by atoms with Crippen molar-refractivity contribution in [1.29, 1.82) is 0 Å². The molecular formula is C14H21NO2. The standard InChI is InChI=1S/C14H21NO2/c1-14(2)9-8-12(13(14)15)17-11-6-4-10(16-3)5-7-11/h4-7,12-13H,8-9,15H2,1-3H3. The molecule has 0 aromatic heterocycles. The highest BCUT2D eigenvalue weighted by atomic mass is 16.5. The van der Waals surface area contributed by atoms with E-state index in [9.17, 15) is 0 Å². The molecule has 2 rings (SSSR count). The van der Waals surface area contributed by atoms with Crippen LogP contribution in [0.3, 0.4) is 0 Å². The molecule has 94 valence electrons. The van der Waals surface area contributed by atoms with E-state index < -0.39 is 0 Å². The van der Waals surface area contributed by atoms with Crippen LogP contribution in [0.25, 0.3) is 0 Å². The van der Waals surface area contributed by atoms with Crippen molar-refractivity contribution < 1.29 is 9.47 Å². The summed E-state index contributed by atoms with van der Waals surface area (Å²) in [4.78, 5) is 0. The number of benzene rings is 1. The minimum Gasteiger partial charge on any atom is -0.497 e. The first-order valence-electron chi connectivity index (χ1n) is 6.09. The summed E-state index contributed by atoms with van der Waals surface area (Å²) in [7, 11) is 1.66. The molecule has 1 aliphatic rings. The van der Waals surface area contributed by atoms with Crippen LogP contribution in [0.15, 0.2) is 24.3 Å². The van der Waals surface area contributed by atoms with Crippen molar-refractivity contribution in [3.05, 3.63) is 24.3 Å². The molecule has 17 heavy (non-hydrogen) atoms. The van der Waals surface area contributed by atoms with E-state index >= 15 is 0 Å². The van der Waals surface area contributed by atoms with Crippen molar-refractivity contribution in [2.24, 2.45) is 11.1 Å². The molecule has 0 bridgehead atoms. The van der Waals surface area contributed by atoms with E-state index in [1.54, 1.807) is 7.11 Å². The second-order valence-electron chi connectivity index (χ2n) is 5.38. The van der Waals surface area contributed by atoms with Gasteiger partial charge in [0.2, 0.25) is 0 Å². The fraction of sp³-hybridized carbons (Fsp3) is 0.571. The van der Waals surface area contributed by atoms with Crippen molar-refractivity contribution >= 4 is 0 Å². The second-order valence-corrected chi connectivity index (χ2v) is 5.38. The van der Waals surface area contributed by atoms with E-state index in [0.717, 1.165) is 24.3 Å². The molecule has 2 N–H and O–H groups in total. The third-order valence-electron chi connectivity index (χ3n) is 3.72. The molecule has 1 fully saturated rings. The van der Waals surface area contributed by atoms with Gasteiger partial charge in [-0.25, -0.2) is 0 Å². The van der Waals surface area contributed by atoms with Gasteiger partial charge in [0.15, 0.2) is 0 Å². The zero-order valence-corrected chi connectivity index (χ0v) is 10.8. The van der Waals surface area contributed by atoms with Crippen molar-refractivity contribution in [3.63, 3.8) is 0 Å². The monoisotopic (exact) mass is 235 g/mol. The maximum Gasteiger partial charge on any atom is 0.120 e. The molecule has 3 nitrogen and oxygen atoms in total. The molecule has 2 unspecified atom stereocenters. The van der Waals surface area contributed by atoms with Gasteiger partial charge < -0.3 is 15.2 Å². The van der Waals surface area contributed by atoms with E-state index in [-0.39, 0.29) is 17.6 Å². The quantitative estimate of drug-likeness (QED) is 0.875. The highest BCUT2D eigenvalue weighted by Crippen LogP contribution is 2.38. The maximum absolute atomic E-state index is 6.21. The van der Waals surface area contributed by atoms with E-state index in [0.29, 0.717) is 0 Å². The normalized spacial score (nSPS) is 26.8. The molecule has 0 amide bonds. The van der Waals surface area contributed by atoms with Crippen LogP contribution >= 0.6 is 0 Å². The number of ether oxygens (including phenoxy) is 2. The molecule has 1 saturated carbocycles. The molecule has 0 heterocycles. The highest BCUT2D eigenvalue weighted by molar-refractivity contribution is 5.31. The van der Waals surface area contributed by atoms with Crippen LogP contribution in [-0.4, -0.2) is 19.3 Å². The summed E-state index contributed by atoms with van der Waals surface area (Å²) in [6, 6.07) is 7.76. The number of nitrogens with two attached hydrogens (primary N) is 1. The predicted molar refractivity (Wildman–Crippen MR) is 68.4 cm³/mol. The van der Waals surface area contributed by atoms with E-state index in [1.165, 1.54) is 0 Å². The van der Waals surface area contributed by atoms with Crippen molar-refractivity contribution in [3.8, 4) is 11.5 Å². The number of rotatable bonds is 3. The Labute approximate surface area is 103 Å². The summed E-state index contributed by atoms with van der Waals surface area (Å²) in [6.45, 7) is 4.41. The first-order chi connectivity index (χ1) is 8.03. The van der Waals surface area contributed by atoms with Crippen LogP contribution in [0.5, 0.6) is 11.5 Å². The summed E-state index contributed by atoms with van der Waals surface area (Å²) in [5.41, 5.74) is 6.39. The van der Waals surface area contributed by atoms with Gasteiger partial charge in [0, 0.05) is 6.04 Å². The fourth-order valence-electron chi connectivity index (χ4n) is 2.33. The molecular weight excluding hydrogens is 214 g/mol. The lowest BCUT2D eigenvalue weighted by Crippen LogP contribution is -2.42. The first-order valence-corrected chi connectivity index (χ1v) is 6.09. The zero-order valence-electron chi connectivity index (χ0n) is 10.8. The van der Waals surface area contributed by atoms with Crippen LogP contribution in [0.2, 0.25) is 0 Å². The van der Waals surface area contributed by atoms with Gasteiger partial charge in [-0.1, -0.05) is 13.8 Å². The molecule has 0 spiro atoms. The largest absolute Gasteiger partial charge is 0.497 e. The van der Waals surface area contributed by atoms with Crippen LogP contribution in [0, 0.1) is 5.41 Å². The summed E-state index contributed by atoms with van der Waals surface area (Å²) in [6.07, 6.45) is 2.27. The average Bonchev–Trinajstić information content (AvgIpc) is 2.57. The Morgan fingerprint density at radius 3 is 2.24 bits per heavy atom. The second kappa shape index (κ2) is 4.57. The third-order valence-corrected chi connectivity index (χ3v) is 3.72. The fourth-order valence-corrected chi connectivity index (χ4v) is 2.33. The minimum absolute atomic E-state index is 0.101. The van der Waals surface area contributed by atoms with E-state index in [1.807, 2.05) is 24.3 Å². The topological polar surface area (TPSA) is 44.5 Å². The van der Waals surface area contributed by atoms with Gasteiger partial charge in [-0.15, -0.1) is 0 Å². The predicted octanol–water partition coefficient (Wildman–Crippen LogP) is 2.59. The SMILES string of the molecule is COc1ccc(OC2CCC(C)(C)C2N)cc1. The van der Waals surface area contributed by atoms with E-state index in [2.05, 4.69) is 13.8 Å². The Bertz CT molecular complexity index is 372. The molecule has 3 heteroatoms. The van der Waals surface area contributed by atoms with Gasteiger partial charge >= 0.3 is 0 Å². The van der Waals surface area contributed by atoms with Gasteiger partial charge in [-0.2, -0.15) is 0 Å². The summed E-state index contributed by atoms with van der Waals surface area (Å²) < 4.78 is 11.1. The smallest absolute Gasteiger partial charge is 0.120 e. The third kappa shape index (κ3) is 2.55. The van der Waals surface area contributed by atoms with Gasteiger partial charge in [-0.05, 0) is 42.5 Å². The Hall–Kier alpha value is -1.22. The Kier molecular flexibility index (Phi) is 3.29. The lowest BCUT2D eigenvalue weighted by Gasteiger charge is -2.27. The molecule has 0 saturated heterocycles. The van der Waals surface area contributed by atoms with Gasteiger partial charge in [0.05, 0.1) is 7.11 Å². The van der Waals surface area contributed by atoms with Crippen LogP contribution in [0.1, 0.15) is 26.7 Å². The molecule has 1 aromatic rings. The van der Waals surface area contributed by atoms with Crippen LogP contribution < -0.4 is 15.2 Å². The molecule has 0 radical (unpaired) electrons. The zero-order chi connectivity index (χ0) is 12.5. The van der Waals surface area contributed by atoms with Gasteiger partial charge in [0.25, 0.3) is 0 Å². The molecule has 2 atom stereocenters. The van der Waals surface area contributed by atoms with Crippen molar-refractivity contribution in [1.82, 2.24) is 0 Å².